The Hall–Kier alpha value is -4.52. The number of carbonyl (C=O) groups is 1. The smallest absolute Gasteiger partial charge is 0.305 e. The number of halogens is 2. The molecule has 13 heteroatoms. The standard InChI is InChI=1S/C36H36ClFN6O5/c1-36(27-7-6-24(37)18-28(27)38)48-32-4-2-3-26(35(32)49-36)22-9-13-42(14-10-22)21-33-39-29-17-23(30-20-43(41-40-30)15-11-34(45)46)5-8-31(29)44(33)19-25-12-16-47-25/h2-8,17-18,20,22,25H,9-16,19,21H2,1H3,(H,45,46). The first-order chi connectivity index (χ1) is 23.7. The third-order valence-corrected chi connectivity index (χ3v) is 10.1. The summed E-state index contributed by atoms with van der Waals surface area (Å²) in [7, 11) is 0. The summed E-state index contributed by atoms with van der Waals surface area (Å²) in [6, 6.07) is 16.6. The lowest BCUT2D eigenvalue weighted by molar-refractivity contribution is -0.137. The SMILES string of the molecule is CC1(c2ccc(Cl)cc2F)Oc2cccc(C3CCN(Cc4nc5cc(-c6cn(CCC(=O)O)nn6)ccc5n4CC4CCO4)CC3)c2O1. The van der Waals surface area contributed by atoms with Crippen LogP contribution in [-0.4, -0.2) is 66.3 Å². The predicted molar refractivity (Wildman–Crippen MR) is 179 cm³/mol. The number of piperidine rings is 1. The molecule has 2 atom stereocenters. The number of aliphatic carboxylic acids is 1. The summed E-state index contributed by atoms with van der Waals surface area (Å²) in [5.41, 5.74) is 4.85. The van der Waals surface area contributed by atoms with E-state index >= 15 is 0 Å². The molecule has 11 nitrogen and oxygen atoms in total. The molecule has 5 heterocycles. The third-order valence-electron chi connectivity index (χ3n) is 9.82. The first-order valence-corrected chi connectivity index (χ1v) is 17.0. The molecule has 2 aromatic heterocycles. The number of hydrogen-bond acceptors (Lipinski definition) is 8. The topological polar surface area (TPSA) is 117 Å². The Kier molecular flexibility index (Phi) is 8.25. The van der Waals surface area contributed by atoms with Gasteiger partial charge in [-0.15, -0.1) is 5.10 Å². The zero-order valence-corrected chi connectivity index (χ0v) is 27.8. The number of aromatic nitrogens is 5. The van der Waals surface area contributed by atoms with Crippen LogP contribution in [0.25, 0.3) is 22.3 Å². The summed E-state index contributed by atoms with van der Waals surface area (Å²) < 4.78 is 37.2. The van der Waals surface area contributed by atoms with Gasteiger partial charge in [-0.05, 0) is 74.7 Å². The molecule has 0 amide bonds. The van der Waals surface area contributed by atoms with Gasteiger partial charge in [-0.1, -0.05) is 35.0 Å². The van der Waals surface area contributed by atoms with Crippen molar-refractivity contribution < 1.29 is 28.5 Å². The number of nitrogens with zero attached hydrogens (tertiary/aromatic N) is 6. The number of benzene rings is 3. The van der Waals surface area contributed by atoms with E-state index in [-0.39, 0.29) is 25.0 Å². The highest BCUT2D eigenvalue weighted by Crippen LogP contribution is 2.50. The van der Waals surface area contributed by atoms with Crippen LogP contribution in [0.4, 0.5) is 4.39 Å². The van der Waals surface area contributed by atoms with Crippen molar-refractivity contribution in [3.05, 3.63) is 88.6 Å². The average molecular weight is 687 g/mol. The van der Waals surface area contributed by atoms with Gasteiger partial charge >= 0.3 is 5.97 Å². The van der Waals surface area contributed by atoms with Gasteiger partial charge in [0.05, 0.1) is 55.0 Å². The molecule has 2 fully saturated rings. The minimum atomic E-state index is -1.28. The highest BCUT2D eigenvalue weighted by molar-refractivity contribution is 6.30. The second-order valence-corrected chi connectivity index (χ2v) is 13.6. The monoisotopic (exact) mass is 686 g/mol. The van der Waals surface area contributed by atoms with Crippen LogP contribution in [0.15, 0.2) is 60.8 Å². The van der Waals surface area contributed by atoms with E-state index in [1.165, 1.54) is 6.07 Å². The second kappa shape index (κ2) is 12.7. The van der Waals surface area contributed by atoms with Gasteiger partial charge in [-0.3, -0.25) is 14.4 Å². The molecule has 3 aliphatic heterocycles. The van der Waals surface area contributed by atoms with E-state index in [9.17, 15) is 9.18 Å². The summed E-state index contributed by atoms with van der Waals surface area (Å²) in [5, 5.41) is 17.7. The Morgan fingerprint density at radius 3 is 2.69 bits per heavy atom. The van der Waals surface area contributed by atoms with Crippen LogP contribution in [0.3, 0.4) is 0 Å². The summed E-state index contributed by atoms with van der Waals surface area (Å²) in [6.07, 6.45) is 4.81. The molecule has 3 aromatic carbocycles. The van der Waals surface area contributed by atoms with Crippen molar-refractivity contribution >= 4 is 28.6 Å². The Bertz CT molecular complexity index is 2040. The maximum atomic E-state index is 14.9. The Morgan fingerprint density at radius 1 is 1.10 bits per heavy atom. The maximum Gasteiger partial charge on any atom is 0.305 e. The van der Waals surface area contributed by atoms with Gasteiger partial charge < -0.3 is 23.9 Å². The summed E-state index contributed by atoms with van der Waals surface area (Å²) in [5.74, 6) is -0.0780. The number of ether oxygens (including phenoxy) is 3. The quantitative estimate of drug-likeness (QED) is 0.179. The first-order valence-electron chi connectivity index (χ1n) is 16.6. The van der Waals surface area contributed by atoms with Crippen LogP contribution in [0.5, 0.6) is 11.5 Å². The highest BCUT2D eigenvalue weighted by atomic mass is 35.5. The minimum absolute atomic E-state index is 0.0170. The molecule has 0 radical (unpaired) electrons. The summed E-state index contributed by atoms with van der Waals surface area (Å²) >= 11 is 6.00. The van der Waals surface area contributed by atoms with Gasteiger partial charge in [-0.25, -0.2) is 9.37 Å². The van der Waals surface area contributed by atoms with Crippen LogP contribution in [0.2, 0.25) is 5.02 Å². The highest BCUT2D eigenvalue weighted by Gasteiger charge is 2.43. The van der Waals surface area contributed by atoms with Crippen molar-refractivity contribution in [2.45, 2.75) is 70.1 Å². The molecular formula is C36H36ClFN6O5. The lowest BCUT2D eigenvalue weighted by Gasteiger charge is -2.33. The van der Waals surface area contributed by atoms with E-state index in [1.807, 2.05) is 24.3 Å². The van der Waals surface area contributed by atoms with E-state index in [4.69, 9.17) is 35.9 Å². The van der Waals surface area contributed by atoms with Gasteiger partial charge in [0, 0.05) is 29.7 Å². The number of hydrogen-bond donors (Lipinski definition) is 1. The number of aryl methyl sites for hydroxylation is 1. The average Bonchev–Trinajstić information content (AvgIpc) is 3.77. The molecule has 0 aliphatic carbocycles. The number of fused-ring (bicyclic) bond motifs is 2. The lowest BCUT2D eigenvalue weighted by atomic mass is 9.88. The number of para-hydroxylation sites is 1. The van der Waals surface area contributed by atoms with Crippen LogP contribution in [0.1, 0.15) is 55.5 Å². The number of carboxylic acids is 1. The zero-order valence-electron chi connectivity index (χ0n) is 27.0. The Balaban J connectivity index is 0.983. The molecular weight excluding hydrogens is 651 g/mol. The minimum Gasteiger partial charge on any atom is -0.481 e. The van der Waals surface area contributed by atoms with E-state index in [0.717, 1.165) is 73.5 Å². The summed E-state index contributed by atoms with van der Waals surface area (Å²) in [6.45, 7) is 5.99. The molecule has 8 rings (SSSR count). The fourth-order valence-corrected chi connectivity index (χ4v) is 7.24. The molecule has 5 aromatic rings. The summed E-state index contributed by atoms with van der Waals surface area (Å²) in [4.78, 5) is 18.5. The van der Waals surface area contributed by atoms with Gasteiger partial charge in [0.15, 0.2) is 11.5 Å². The van der Waals surface area contributed by atoms with Gasteiger partial charge in [0.1, 0.15) is 17.3 Å². The lowest BCUT2D eigenvalue weighted by Crippen LogP contribution is -2.35. The Labute approximate surface area is 287 Å². The molecule has 2 saturated heterocycles. The molecule has 0 spiro atoms. The predicted octanol–water partition coefficient (Wildman–Crippen LogP) is 6.37. The van der Waals surface area contributed by atoms with E-state index in [0.29, 0.717) is 34.3 Å². The van der Waals surface area contributed by atoms with E-state index < -0.39 is 17.6 Å². The molecule has 1 N–H and O–H groups in total. The number of imidazole rings is 1. The van der Waals surface area contributed by atoms with Crippen molar-refractivity contribution in [1.82, 2.24) is 29.4 Å². The van der Waals surface area contributed by atoms with Crippen molar-refractivity contribution in [3.8, 4) is 22.8 Å². The van der Waals surface area contributed by atoms with Crippen molar-refractivity contribution in [2.75, 3.05) is 19.7 Å². The molecule has 254 valence electrons. The molecule has 0 bridgehead atoms. The van der Waals surface area contributed by atoms with Crippen molar-refractivity contribution in [1.29, 1.82) is 0 Å². The van der Waals surface area contributed by atoms with Crippen LogP contribution in [-0.2, 0) is 35.0 Å². The molecule has 2 unspecified atom stereocenters. The van der Waals surface area contributed by atoms with Gasteiger partial charge in [-0.2, -0.15) is 0 Å². The molecule has 49 heavy (non-hydrogen) atoms. The van der Waals surface area contributed by atoms with Crippen molar-refractivity contribution in [2.24, 2.45) is 0 Å². The second-order valence-electron chi connectivity index (χ2n) is 13.1. The number of likely N-dealkylation sites (tertiary alicyclic amines) is 1. The van der Waals surface area contributed by atoms with Gasteiger partial charge in [0.25, 0.3) is 5.79 Å². The number of carboxylic acid groups (broad SMARTS) is 1. The normalized spacial score (nSPS) is 20.9. The maximum absolute atomic E-state index is 14.9. The largest absolute Gasteiger partial charge is 0.481 e. The van der Waals surface area contributed by atoms with E-state index in [2.05, 4.69) is 31.9 Å². The zero-order chi connectivity index (χ0) is 33.7. The number of rotatable bonds is 10. The third kappa shape index (κ3) is 6.24. The van der Waals surface area contributed by atoms with Crippen molar-refractivity contribution in [3.63, 3.8) is 0 Å². The van der Waals surface area contributed by atoms with Gasteiger partial charge in [0.2, 0.25) is 0 Å². The fraction of sp³-hybridized carbons (Fsp3) is 0.389. The molecule has 3 aliphatic rings. The van der Waals surface area contributed by atoms with Crippen LogP contribution < -0.4 is 9.47 Å². The first kappa shape index (κ1) is 31.7. The van der Waals surface area contributed by atoms with E-state index in [1.54, 1.807) is 29.9 Å². The van der Waals surface area contributed by atoms with Crippen LogP contribution in [0, 0.1) is 5.82 Å². The molecule has 0 saturated carbocycles. The Morgan fingerprint density at radius 2 is 1.94 bits per heavy atom. The fourth-order valence-electron chi connectivity index (χ4n) is 7.08. The van der Waals surface area contributed by atoms with Crippen LogP contribution >= 0.6 is 11.6 Å².